The van der Waals surface area contributed by atoms with Crippen molar-refractivity contribution in [1.29, 1.82) is 0 Å². The molecule has 1 saturated carbocycles. The fraction of sp³-hybridized carbons (Fsp3) is 0.333. The van der Waals surface area contributed by atoms with Gasteiger partial charge in [0.15, 0.2) is 11.5 Å². The molecule has 0 aliphatic heterocycles. The lowest BCUT2D eigenvalue weighted by Crippen LogP contribution is -2.10. The van der Waals surface area contributed by atoms with Gasteiger partial charge in [-0.05, 0) is 31.0 Å². The fourth-order valence-electron chi connectivity index (χ4n) is 1.96. The summed E-state index contributed by atoms with van der Waals surface area (Å²) in [5, 5.41) is 3.62. The largest absolute Gasteiger partial charge is 0.435 e. The molecule has 0 aromatic carbocycles. The summed E-state index contributed by atoms with van der Waals surface area (Å²) in [6.07, 6.45) is -1.23. The van der Waals surface area contributed by atoms with Gasteiger partial charge < -0.3 is 5.73 Å². The third kappa shape index (κ3) is 2.16. The van der Waals surface area contributed by atoms with Crippen LogP contribution >= 0.6 is 0 Å². The second-order valence-electron chi connectivity index (χ2n) is 4.55. The molecule has 2 heterocycles. The van der Waals surface area contributed by atoms with Crippen LogP contribution in [0.1, 0.15) is 30.1 Å². The Morgan fingerprint density at radius 3 is 2.63 bits per heavy atom. The molecule has 4 nitrogen and oxygen atoms in total. The predicted molar refractivity (Wildman–Crippen MR) is 62.7 cm³/mol. The van der Waals surface area contributed by atoms with Crippen LogP contribution in [0.3, 0.4) is 0 Å². The van der Waals surface area contributed by atoms with E-state index in [1.807, 2.05) is 0 Å². The van der Waals surface area contributed by atoms with Crippen LogP contribution in [0.2, 0.25) is 0 Å². The summed E-state index contributed by atoms with van der Waals surface area (Å²) in [4.78, 5) is 4.02. The van der Waals surface area contributed by atoms with E-state index in [-0.39, 0.29) is 11.7 Å². The maximum absolute atomic E-state index is 12.8. The van der Waals surface area contributed by atoms with Gasteiger partial charge in [0, 0.05) is 17.8 Å². The summed E-state index contributed by atoms with van der Waals surface area (Å²) in [6.45, 7) is 0. The molecule has 0 radical (unpaired) electrons. The average Bonchev–Trinajstić information content (AvgIpc) is 3.08. The molecular formula is C12H11F3N4. The highest BCUT2D eigenvalue weighted by atomic mass is 19.4. The van der Waals surface area contributed by atoms with Crippen molar-refractivity contribution >= 4 is 5.69 Å². The van der Waals surface area contributed by atoms with Crippen LogP contribution < -0.4 is 5.73 Å². The predicted octanol–water partition coefficient (Wildman–Crippen LogP) is 2.75. The Labute approximate surface area is 107 Å². The van der Waals surface area contributed by atoms with Gasteiger partial charge in [0.05, 0.1) is 5.69 Å². The molecular weight excluding hydrogens is 257 g/mol. The standard InChI is InChI=1S/C12H11F3N4/c13-12(14,15)10-6-9(7-3-4-7)19(18-10)11-8(16)2-1-5-17-11/h1-2,5-7H,3-4,16H2. The Balaban J connectivity index is 2.15. The number of nitrogens with zero attached hydrogens (tertiary/aromatic N) is 3. The second-order valence-corrected chi connectivity index (χ2v) is 4.55. The van der Waals surface area contributed by atoms with Crippen LogP contribution in [0.5, 0.6) is 0 Å². The average molecular weight is 268 g/mol. The Bertz CT molecular complexity index is 614. The molecule has 0 atom stereocenters. The summed E-state index contributed by atoms with van der Waals surface area (Å²) < 4.78 is 39.5. The third-order valence-electron chi connectivity index (χ3n) is 3.04. The zero-order chi connectivity index (χ0) is 13.6. The number of nitrogen functional groups attached to an aromatic ring is 1. The van der Waals surface area contributed by atoms with Gasteiger partial charge in [-0.3, -0.25) is 0 Å². The number of aromatic nitrogens is 3. The van der Waals surface area contributed by atoms with Gasteiger partial charge >= 0.3 is 6.18 Å². The van der Waals surface area contributed by atoms with Crippen LogP contribution in [0.4, 0.5) is 18.9 Å². The smallest absolute Gasteiger partial charge is 0.396 e. The van der Waals surface area contributed by atoms with Gasteiger partial charge in [0.25, 0.3) is 0 Å². The van der Waals surface area contributed by atoms with Gasteiger partial charge in [0.1, 0.15) is 0 Å². The first-order valence-electron chi connectivity index (χ1n) is 5.85. The van der Waals surface area contributed by atoms with E-state index in [1.165, 1.54) is 10.9 Å². The number of hydrogen-bond acceptors (Lipinski definition) is 3. The molecule has 0 unspecified atom stereocenters. The van der Waals surface area contributed by atoms with E-state index in [1.54, 1.807) is 12.1 Å². The number of rotatable bonds is 2. The number of nitrogens with two attached hydrogens (primary N) is 1. The highest BCUT2D eigenvalue weighted by Crippen LogP contribution is 2.43. The zero-order valence-electron chi connectivity index (χ0n) is 9.85. The lowest BCUT2D eigenvalue weighted by atomic mass is 10.2. The molecule has 2 aromatic heterocycles. The van der Waals surface area contributed by atoms with Crippen LogP contribution in [-0.4, -0.2) is 14.8 Å². The molecule has 19 heavy (non-hydrogen) atoms. The van der Waals surface area contributed by atoms with Crippen LogP contribution in [0, 0.1) is 0 Å². The minimum absolute atomic E-state index is 0.116. The minimum Gasteiger partial charge on any atom is -0.396 e. The molecule has 2 aromatic rings. The van der Waals surface area contributed by atoms with Gasteiger partial charge in [-0.25, -0.2) is 9.67 Å². The van der Waals surface area contributed by atoms with Crippen LogP contribution in [-0.2, 0) is 6.18 Å². The van der Waals surface area contributed by atoms with Crippen molar-refractivity contribution < 1.29 is 13.2 Å². The molecule has 1 aliphatic carbocycles. The summed E-state index contributed by atoms with van der Waals surface area (Å²) in [6, 6.07) is 4.31. The van der Waals surface area contributed by atoms with Gasteiger partial charge in [-0.2, -0.15) is 18.3 Å². The van der Waals surface area contributed by atoms with E-state index in [4.69, 9.17) is 5.73 Å². The first-order valence-corrected chi connectivity index (χ1v) is 5.85. The first-order chi connectivity index (χ1) is 8.97. The summed E-state index contributed by atoms with van der Waals surface area (Å²) in [5.74, 6) is 0.366. The highest BCUT2D eigenvalue weighted by molar-refractivity contribution is 5.53. The molecule has 0 spiro atoms. The van der Waals surface area contributed by atoms with Crippen molar-refractivity contribution in [3.8, 4) is 5.82 Å². The number of pyridine rings is 1. The monoisotopic (exact) mass is 268 g/mol. The molecule has 100 valence electrons. The lowest BCUT2D eigenvalue weighted by molar-refractivity contribution is -0.141. The first kappa shape index (κ1) is 12.0. The van der Waals surface area contributed by atoms with E-state index in [9.17, 15) is 13.2 Å². The van der Waals surface area contributed by atoms with Crippen molar-refractivity contribution in [3.63, 3.8) is 0 Å². The SMILES string of the molecule is Nc1cccnc1-n1nc(C(F)(F)F)cc1C1CC1. The van der Waals surface area contributed by atoms with Crippen molar-refractivity contribution in [2.24, 2.45) is 0 Å². The van der Waals surface area contributed by atoms with Crippen molar-refractivity contribution in [2.75, 3.05) is 5.73 Å². The fourth-order valence-corrected chi connectivity index (χ4v) is 1.96. The molecule has 0 bridgehead atoms. The molecule has 1 aliphatic rings. The summed E-state index contributed by atoms with van der Waals surface area (Å²) in [5.41, 5.74) is 5.68. The molecule has 0 saturated heterocycles. The maximum atomic E-state index is 12.8. The summed E-state index contributed by atoms with van der Waals surface area (Å²) >= 11 is 0. The normalized spacial score (nSPS) is 15.7. The number of hydrogen-bond donors (Lipinski definition) is 1. The van der Waals surface area contributed by atoms with Crippen LogP contribution in [0.15, 0.2) is 24.4 Å². The number of halogens is 3. The van der Waals surface area contributed by atoms with Gasteiger partial charge in [-0.1, -0.05) is 0 Å². The van der Waals surface area contributed by atoms with Crippen molar-refractivity contribution in [1.82, 2.24) is 14.8 Å². The molecule has 2 N–H and O–H groups in total. The van der Waals surface area contributed by atoms with Crippen LogP contribution in [0.25, 0.3) is 5.82 Å². The Hall–Kier alpha value is -2.05. The van der Waals surface area contributed by atoms with E-state index < -0.39 is 11.9 Å². The van der Waals surface area contributed by atoms with E-state index >= 15 is 0 Å². The van der Waals surface area contributed by atoms with Crippen molar-refractivity contribution in [2.45, 2.75) is 24.9 Å². The van der Waals surface area contributed by atoms with E-state index in [0.717, 1.165) is 18.9 Å². The Morgan fingerprint density at radius 2 is 2.05 bits per heavy atom. The Morgan fingerprint density at radius 1 is 1.32 bits per heavy atom. The second kappa shape index (κ2) is 3.97. The van der Waals surface area contributed by atoms with Gasteiger partial charge in [0.2, 0.25) is 0 Å². The molecule has 0 amide bonds. The zero-order valence-corrected chi connectivity index (χ0v) is 9.85. The number of anilines is 1. The topological polar surface area (TPSA) is 56.7 Å². The maximum Gasteiger partial charge on any atom is 0.435 e. The molecule has 1 fully saturated rings. The Kier molecular flexibility index (Phi) is 2.51. The lowest BCUT2D eigenvalue weighted by Gasteiger charge is -2.07. The van der Waals surface area contributed by atoms with Gasteiger partial charge in [-0.15, -0.1) is 0 Å². The van der Waals surface area contributed by atoms with E-state index in [2.05, 4.69) is 10.1 Å². The molecule has 3 rings (SSSR count). The number of alkyl halides is 3. The van der Waals surface area contributed by atoms with E-state index in [0.29, 0.717) is 11.4 Å². The minimum atomic E-state index is -4.46. The quantitative estimate of drug-likeness (QED) is 0.911. The highest BCUT2D eigenvalue weighted by Gasteiger charge is 2.38. The van der Waals surface area contributed by atoms with Crippen molar-refractivity contribution in [3.05, 3.63) is 35.8 Å². The summed E-state index contributed by atoms with van der Waals surface area (Å²) in [7, 11) is 0. The molecule has 7 heteroatoms. The third-order valence-corrected chi connectivity index (χ3v) is 3.04.